The summed E-state index contributed by atoms with van der Waals surface area (Å²) >= 11 is 3.32. The molecule has 1 amide bonds. The van der Waals surface area contributed by atoms with E-state index in [2.05, 4.69) is 21.2 Å². The Bertz CT molecular complexity index is 631. The van der Waals surface area contributed by atoms with E-state index in [-0.39, 0.29) is 5.91 Å². The number of carbonyl (C=O) groups is 1. The summed E-state index contributed by atoms with van der Waals surface area (Å²) in [5, 5.41) is 2.72. The summed E-state index contributed by atoms with van der Waals surface area (Å²) < 4.78 is 19.2. The first-order valence-corrected chi connectivity index (χ1v) is 6.89. The molecule has 20 heavy (non-hydrogen) atoms. The summed E-state index contributed by atoms with van der Waals surface area (Å²) in [4.78, 5) is 12.2. The van der Waals surface area contributed by atoms with E-state index in [4.69, 9.17) is 4.74 Å². The summed E-state index contributed by atoms with van der Waals surface area (Å²) in [5.41, 5.74) is 0.938. The predicted octanol–water partition coefficient (Wildman–Crippen LogP) is 4.24. The van der Waals surface area contributed by atoms with Crippen LogP contribution in [-0.4, -0.2) is 12.5 Å². The Morgan fingerprint density at radius 2 is 2.05 bits per heavy atom. The Morgan fingerprint density at radius 3 is 2.75 bits per heavy atom. The average molecular weight is 338 g/mol. The maximum absolute atomic E-state index is 13.2. The van der Waals surface area contributed by atoms with E-state index in [0.29, 0.717) is 28.1 Å². The number of anilines is 1. The highest BCUT2D eigenvalue weighted by Gasteiger charge is 2.12. The number of halogens is 2. The molecule has 0 saturated heterocycles. The summed E-state index contributed by atoms with van der Waals surface area (Å²) in [6.45, 7) is 2.19. The van der Waals surface area contributed by atoms with Crippen molar-refractivity contribution >= 4 is 27.5 Å². The molecule has 5 heteroatoms. The smallest absolute Gasteiger partial charge is 0.256 e. The third-order valence-electron chi connectivity index (χ3n) is 2.61. The lowest BCUT2D eigenvalue weighted by atomic mass is 10.2. The van der Waals surface area contributed by atoms with Crippen LogP contribution in [0.2, 0.25) is 0 Å². The van der Waals surface area contributed by atoms with Gasteiger partial charge in [-0.1, -0.05) is 12.1 Å². The zero-order valence-corrected chi connectivity index (χ0v) is 12.4. The molecule has 0 heterocycles. The molecule has 0 aliphatic carbocycles. The summed E-state index contributed by atoms with van der Waals surface area (Å²) in [6.07, 6.45) is 0. The quantitative estimate of drug-likeness (QED) is 0.906. The molecular weight excluding hydrogens is 325 g/mol. The number of carbonyl (C=O) groups excluding carboxylic acids is 1. The first-order chi connectivity index (χ1) is 9.61. The Morgan fingerprint density at radius 1 is 1.30 bits per heavy atom. The fraction of sp³-hybridized carbons (Fsp3) is 0.133. The van der Waals surface area contributed by atoms with Crippen molar-refractivity contribution in [2.45, 2.75) is 6.92 Å². The molecule has 0 aromatic heterocycles. The van der Waals surface area contributed by atoms with Gasteiger partial charge in [0.2, 0.25) is 0 Å². The lowest BCUT2D eigenvalue weighted by Gasteiger charge is -2.12. The molecule has 2 aromatic rings. The second kappa shape index (κ2) is 6.52. The molecule has 0 spiro atoms. The van der Waals surface area contributed by atoms with Crippen molar-refractivity contribution in [2.24, 2.45) is 0 Å². The molecule has 2 aromatic carbocycles. The van der Waals surface area contributed by atoms with Gasteiger partial charge in [-0.2, -0.15) is 0 Å². The van der Waals surface area contributed by atoms with Crippen LogP contribution >= 0.6 is 15.9 Å². The number of hydrogen-bond acceptors (Lipinski definition) is 2. The van der Waals surface area contributed by atoms with Gasteiger partial charge < -0.3 is 10.1 Å². The zero-order valence-electron chi connectivity index (χ0n) is 10.8. The van der Waals surface area contributed by atoms with Gasteiger partial charge in [0.05, 0.1) is 17.9 Å². The minimum absolute atomic E-state index is 0.287. The van der Waals surface area contributed by atoms with Crippen LogP contribution in [0.1, 0.15) is 17.3 Å². The van der Waals surface area contributed by atoms with Crippen LogP contribution in [0.25, 0.3) is 0 Å². The van der Waals surface area contributed by atoms with Gasteiger partial charge in [0.15, 0.2) is 0 Å². The van der Waals surface area contributed by atoms with Crippen molar-refractivity contribution in [3.8, 4) is 5.75 Å². The lowest BCUT2D eigenvalue weighted by molar-refractivity contribution is 0.102. The fourth-order valence-electron chi connectivity index (χ4n) is 1.71. The minimum Gasteiger partial charge on any atom is -0.492 e. The van der Waals surface area contributed by atoms with E-state index >= 15 is 0 Å². The minimum atomic E-state index is -0.410. The molecule has 0 saturated carbocycles. The van der Waals surface area contributed by atoms with Gasteiger partial charge in [0.1, 0.15) is 11.6 Å². The van der Waals surface area contributed by atoms with E-state index in [0.717, 1.165) is 0 Å². The van der Waals surface area contributed by atoms with E-state index in [1.54, 1.807) is 25.1 Å². The molecule has 0 unspecified atom stereocenters. The van der Waals surface area contributed by atoms with Crippen molar-refractivity contribution < 1.29 is 13.9 Å². The zero-order chi connectivity index (χ0) is 14.5. The van der Waals surface area contributed by atoms with Crippen LogP contribution in [-0.2, 0) is 0 Å². The highest BCUT2D eigenvalue weighted by Crippen LogP contribution is 2.27. The molecule has 0 bridgehead atoms. The Labute approximate surface area is 124 Å². The predicted molar refractivity (Wildman–Crippen MR) is 79.7 cm³/mol. The number of hydrogen-bond donors (Lipinski definition) is 1. The normalized spacial score (nSPS) is 10.2. The molecule has 104 valence electrons. The Balaban J connectivity index is 2.26. The number of amides is 1. The van der Waals surface area contributed by atoms with Crippen molar-refractivity contribution in [1.29, 1.82) is 0 Å². The largest absolute Gasteiger partial charge is 0.492 e. The molecular formula is C15H13BrFNO2. The number of ether oxygens (including phenoxy) is 1. The molecule has 3 nitrogen and oxygen atoms in total. The topological polar surface area (TPSA) is 38.3 Å². The van der Waals surface area contributed by atoms with Crippen molar-refractivity contribution in [1.82, 2.24) is 0 Å². The van der Waals surface area contributed by atoms with Crippen molar-refractivity contribution in [3.05, 3.63) is 58.3 Å². The average Bonchev–Trinajstić information content (AvgIpc) is 2.42. The van der Waals surface area contributed by atoms with Crippen LogP contribution < -0.4 is 10.1 Å². The van der Waals surface area contributed by atoms with E-state index in [1.807, 2.05) is 6.07 Å². The number of rotatable bonds is 4. The van der Waals surface area contributed by atoms with Gasteiger partial charge in [-0.3, -0.25) is 4.79 Å². The maximum Gasteiger partial charge on any atom is 0.256 e. The number of nitrogens with one attached hydrogen (secondary N) is 1. The molecule has 0 aliphatic heterocycles. The van der Waals surface area contributed by atoms with Crippen LogP contribution in [0.15, 0.2) is 46.9 Å². The second-order valence-corrected chi connectivity index (χ2v) is 4.86. The van der Waals surface area contributed by atoms with Gasteiger partial charge in [0.25, 0.3) is 5.91 Å². The van der Waals surface area contributed by atoms with Crippen LogP contribution in [0.4, 0.5) is 10.1 Å². The molecule has 0 atom stereocenters. The molecule has 2 rings (SSSR count). The van der Waals surface area contributed by atoms with Gasteiger partial charge in [0, 0.05) is 10.5 Å². The van der Waals surface area contributed by atoms with Gasteiger partial charge >= 0.3 is 0 Å². The maximum atomic E-state index is 13.2. The number of benzene rings is 2. The fourth-order valence-corrected chi connectivity index (χ4v) is 2.17. The standard InChI is InChI=1S/C15H13BrFNO2/c1-2-20-14-9-10(17)7-8-13(14)18-15(19)11-5-3-4-6-12(11)16/h3-9H,2H2,1H3,(H,18,19). The monoisotopic (exact) mass is 337 g/mol. The molecule has 0 radical (unpaired) electrons. The van der Waals surface area contributed by atoms with E-state index < -0.39 is 5.82 Å². The van der Waals surface area contributed by atoms with Crippen molar-refractivity contribution in [3.63, 3.8) is 0 Å². The third-order valence-corrected chi connectivity index (χ3v) is 3.30. The van der Waals surface area contributed by atoms with Crippen LogP contribution in [0.5, 0.6) is 5.75 Å². The van der Waals surface area contributed by atoms with Crippen LogP contribution in [0, 0.1) is 5.82 Å². The summed E-state index contributed by atoms with van der Waals surface area (Å²) in [5.74, 6) is -0.384. The lowest BCUT2D eigenvalue weighted by Crippen LogP contribution is -2.13. The molecule has 0 aliphatic rings. The van der Waals surface area contributed by atoms with Gasteiger partial charge in [-0.05, 0) is 47.1 Å². The highest BCUT2D eigenvalue weighted by molar-refractivity contribution is 9.10. The van der Waals surface area contributed by atoms with Gasteiger partial charge in [-0.15, -0.1) is 0 Å². The summed E-state index contributed by atoms with van der Waals surface area (Å²) in [6, 6.07) is 11.1. The van der Waals surface area contributed by atoms with Gasteiger partial charge in [-0.25, -0.2) is 4.39 Å². The summed E-state index contributed by atoms with van der Waals surface area (Å²) in [7, 11) is 0. The first kappa shape index (κ1) is 14.5. The van der Waals surface area contributed by atoms with Crippen molar-refractivity contribution in [2.75, 3.05) is 11.9 Å². The Kier molecular flexibility index (Phi) is 4.74. The highest BCUT2D eigenvalue weighted by atomic mass is 79.9. The van der Waals surface area contributed by atoms with E-state index in [9.17, 15) is 9.18 Å². The second-order valence-electron chi connectivity index (χ2n) is 4.01. The third kappa shape index (κ3) is 3.36. The molecule has 1 N–H and O–H groups in total. The molecule has 0 fully saturated rings. The SMILES string of the molecule is CCOc1cc(F)ccc1NC(=O)c1ccccc1Br. The van der Waals surface area contributed by atoms with E-state index in [1.165, 1.54) is 18.2 Å². The first-order valence-electron chi connectivity index (χ1n) is 6.10. The Hall–Kier alpha value is -1.88. The van der Waals surface area contributed by atoms with Crippen LogP contribution in [0.3, 0.4) is 0 Å².